The molecule has 0 saturated carbocycles. The molecule has 18 heavy (non-hydrogen) atoms. The van der Waals surface area contributed by atoms with Gasteiger partial charge in [0.1, 0.15) is 5.82 Å². The Balaban J connectivity index is 1.95. The quantitative estimate of drug-likeness (QED) is 0.773. The highest BCUT2D eigenvalue weighted by Crippen LogP contribution is 2.25. The molecule has 1 heterocycles. The Kier molecular flexibility index (Phi) is 4.18. The monoisotopic (exact) mass is 251 g/mol. The highest BCUT2D eigenvalue weighted by molar-refractivity contribution is 5.72. The topological polar surface area (TPSA) is 29.5 Å². The third kappa shape index (κ3) is 2.81. The van der Waals surface area contributed by atoms with E-state index in [0.717, 1.165) is 12.8 Å². The Hall–Kier alpha value is -1.58. The minimum atomic E-state index is -0.202. The van der Waals surface area contributed by atoms with Gasteiger partial charge >= 0.3 is 5.97 Å². The maximum Gasteiger partial charge on any atom is 0.309 e. The van der Waals surface area contributed by atoms with Crippen LogP contribution in [0.1, 0.15) is 19.8 Å². The molecule has 0 aromatic heterocycles. The van der Waals surface area contributed by atoms with Gasteiger partial charge in [0.15, 0.2) is 0 Å². The number of rotatable bonds is 3. The van der Waals surface area contributed by atoms with E-state index in [9.17, 15) is 9.18 Å². The zero-order valence-corrected chi connectivity index (χ0v) is 10.6. The van der Waals surface area contributed by atoms with Crippen molar-refractivity contribution < 1.29 is 13.9 Å². The SMILES string of the molecule is CCOC(=O)C1CCN(c2ccccc2F)CC1. The zero-order valence-electron chi connectivity index (χ0n) is 10.6. The van der Waals surface area contributed by atoms with E-state index >= 15 is 0 Å². The molecule has 2 rings (SSSR count). The zero-order chi connectivity index (χ0) is 13.0. The van der Waals surface area contributed by atoms with E-state index in [0.29, 0.717) is 25.4 Å². The van der Waals surface area contributed by atoms with Crippen molar-refractivity contribution >= 4 is 11.7 Å². The van der Waals surface area contributed by atoms with Crippen LogP contribution in [0.2, 0.25) is 0 Å². The minimum Gasteiger partial charge on any atom is -0.466 e. The first kappa shape index (κ1) is 12.9. The van der Waals surface area contributed by atoms with Crippen molar-refractivity contribution in [3.05, 3.63) is 30.1 Å². The third-order valence-corrected chi connectivity index (χ3v) is 3.31. The van der Waals surface area contributed by atoms with Gasteiger partial charge in [0, 0.05) is 13.1 Å². The van der Waals surface area contributed by atoms with Crippen molar-refractivity contribution in [1.29, 1.82) is 0 Å². The summed E-state index contributed by atoms with van der Waals surface area (Å²) in [7, 11) is 0. The first-order valence-electron chi connectivity index (χ1n) is 6.38. The number of nitrogens with zero attached hydrogens (tertiary/aromatic N) is 1. The Bertz CT molecular complexity index is 414. The van der Waals surface area contributed by atoms with E-state index in [2.05, 4.69) is 0 Å². The molecule has 0 amide bonds. The van der Waals surface area contributed by atoms with Crippen LogP contribution < -0.4 is 4.90 Å². The molecule has 0 spiro atoms. The third-order valence-electron chi connectivity index (χ3n) is 3.31. The summed E-state index contributed by atoms with van der Waals surface area (Å²) in [6.07, 6.45) is 1.46. The summed E-state index contributed by atoms with van der Waals surface area (Å²) >= 11 is 0. The second-order valence-corrected chi connectivity index (χ2v) is 4.46. The van der Waals surface area contributed by atoms with Gasteiger partial charge in [-0.05, 0) is 31.9 Å². The van der Waals surface area contributed by atoms with Crippen LogP contribution in [0.25, 0.3) is 0 Å². The molecule has 1 aliphatic rings. The molecule has 0 bridgehead atoms. The summed E-state index contributed by atoms with van der Waals surface area (Å²) in [4.78, 5) is 13.6. The molecule has 1 fully saturated rings. The van der Waals surface area contributed by atoms with Gasteiger partial charge < -0.3 is 9.64 Å². The van der Waals surface area contributed by atoms with Crippen LogP contribution in [0.15, 0.2) is 24.3 Å². The van der Waals surface area contributed by atoms with Crippen LogP contribution in [0.3, 0.4) is 0 Å². The summed E-state index contributed by atoms with van der Waals surface area (Å²) in [5, 5.41) is 0. The van der Waals surface area contributed by atoms with Crippen molar-refractivity contribution in [3.8, 4) is 0 Å². The molecule has 4 heteroatoms. The van der Waals surface area contributed by atoms with Crippen molar-refractivity contribution in [2.75, 3.05) is 24.6 Å². The minimum absolute atomic E-state index is 0.0343. The molecule has 0 radical (unpaired) electrons. The Labute approximate surface area is 107 Å². The molecule has 98 valence electrons. The number of carbonyl (C=O) groups excluding carboxylic acids is 1. The van der Waals surface area contributed by atoms with Gasteiger partial charge in [-0.3, -0.25) is 4.79 Å². The largest absolute Gasteiger partial charge is 0.466 e. The average molecular weight is 251 g/mol. The van der Waals surface area contributed by atoms with Crippen LogP contribution in [0, 0.1) is 11.7 Å². The number of hydrogen-bond donors (Lipinski definition) is 0. The fourth-order valence-corrected chi connectivity index (χ4v) is 2.32. The van der Waals surface area contributed by atoms with Crippen LogP contribution in [-0.4, -0.2) is 25.7 Å². The summed E-state index contributed by atoms with van der Waals surface area (Å²) in [5.74, 6) is -0.356. The molecule has 0 unspecified atom stereocenters. The van der Waals surface area contributed by atoms with Crippen molar-refractivity contribution in [1.82, 2.24) is 0 Å². The Morgan fingerprint density at radius 1 is 1.39 bits per heavy atom. The van der Waals surface area contributed by atoms with E-state index in [1.165, 1.54) is 6.07 Å². The lowest BCUT2D eigenvalue weighted by Gasteiger charge is -2.32. The molecule has 1 aromatic rings. The predicted octanol–water partition coefficient (Wildman–Crippen LogP) is 2.61. The molecule has 1 aromatic carbocycles. The average Bonchev–Trinajstić information content (AvgIpc) is 2.40. The maximum absolute atomic E-state index is 13.6. The highest BCUT2D eigenvalue weighted by Gasteiger charge is 2.26. The van der Waals surface area contributed by atoms with E-state index < -0.39 is 0 Å². The van der Waals surface area contributed by atoms with Gasteiger partial charge in [-0.1, -0.05) is 12.1 Å². The van der Waals surface area contributed by atoms with Crippen molar-refractivity contribution in [2.45, 2.75) is 19.8 Å². The smallest absolute Gasteiger partial charge is 0.309 e. The molecule has 3 nitrogen and oxygen atoms in total. The van der Waals surface area contributed by atoms with Gasteiger partial charge in [0.25, 0.3) is 0 Å². The molecule has 1 aliphatic heterocycles. The first-order valence-corrected chi connectivity index (χ1v) is 6.38. The lowest BCUT2D eigenvalue weighted by atomic mass is 9.96. The van der Waals surface area contributed by atoms with E-state index in [-0.39, 0.29) is 17.7 Å². The summed E-state index contributed by atoms with van der Waals surface area (Å²) in [6.45, 7) is 3.63. The van der Waals surface area contributed by atoms with Gasteiger partial charge in [-0.25, -0.2) is 4.39 Å². The lowest BCUT2D eigenvalue weighted by Crippen LogP contribution is -2.37. The van der Waals surface area contributed by atoms with Crippen LogP contribution in [0.4, 0.5) is 10.1 Å². The fraction of sp³-hybridized carbons (Fsp3) is 0.500. The summed E-state index contributed by atoms with van der Waals surface area (Å²) in [5.41, 5.74) is 0.625. The number of carbonyl (C=O) groups is 1. The molecular weight excluding hydrogens is 233 g/mol. The Morgan fingerprint density at radius 3 is 2.67 bits per heavy atom. The molecule has 0 N–H and O–H groups in total. The maximum atomic E-state index is 13.6. The van der Waals surface area contributed by atoms with Gasteiger partial charge in [0.05, 0.1) is 18.2 Å². The van der Waals surface area contributed by atoms with E-state index in [1.807, 2.05) is 17.9 Å². The highest BCUT2D eigenvalue weighted by atomic mass is 19.1. The number of ether oxygens (including phenoxy) is 1. The number of para-hydroxylation sites is 1. The van der Waals surface area contributed by atoms with Crippen LogP contribution >= 0.6 is 0 Å². The second-order valence-electron chi connectivity index (χ2n) is 4.46. The lowest BCUT2D eigenvalue weighted by molar-refractivity contribution is -0.148. The number of hydrogen-bond acceptors (Lipinski definition) is 3. The first-order chi connectivity index (χ1) is 8.72. The second kappa shape index (κ2) is 5.85. The molecule has 1 saturated heterocycles. The van der Waals surface area contributed by atoms with E-state index in [1.54, 1.807) is 12.1 Å². The van der Waals surface area contributed by atoms with Gasteiger partial charge in [0.2, 0.25) is 0 Å². The van der Waals surface area contributed by atoms with Crippen molar-refractivity contribution in [2.24, 2.45) is 5.92 Å². The van der Waals surface area contributed by atoms with Gasteiger partial charge in [-0.2, -0.15) is 0 Å². The molecular formula is C14H18FNO2. The molecule has 0 atom stereocenters. The summed E-state index contributed by atoms with van der Waals surface area (Å²) < 4.78 is 18.6. The fourth-order valence-electron chi connectivity index (χ4n) is 2.32. The normalized spacial score (nSPS) is 16.7. The Morgan fingerprint density at radius 2 is 2.06 bits per heavy atom. The molecule has 0 aliphatic carbocycles. The predicted molar refractivity (Wildman–Crippen MR) is 68.0 cm³/mol. The number of halogens is 1. The summed E-state index contributed by atoms with van der Waals surface area (Å²) in [6, 6.07) is 6.76. The number of piperidine rings is 1. The number of anilines is 1. The van der Waals surface area contributed by atoms with Crippen LogP contribution in [-0.2, 0) is 9.53 Å². The number of esters is 1. The van der Waals surface area contributed by atoms with E-state index in [4.69, 9.17) is 4.74 Å². The van der Waals surface area contributed by atoms with Crippen molar-refractivity contribution in [3.63, 3.8) is 0 Å². The number of benzene rings is 1. The van der Waals surface area contributed by atoms with Crippen LogP contribution in [0.5, 0.6) is 0 Å². The van der Waals surface area contributed by atoms with Gasteiger partial charge in [-0.15, -0.1) is 0 Å². The standard InChI is InChI=1S/C14H18FNO2/c1-2-18-14(17)11-7-9-16(10-8-11)13-6-4-3-5-12(13)15/h3-6,11H,2,7-10H2,1H3.